The molecule has 3 rings (SSSR count). The summed E-state index contributed by atoms with van der Waals surface area (Å²) in [5.74, 6) is 0.671. The van der Waals surface area contributed by atoms with Gasteiger partial charge in [0.25, 0.3) is 5.91 Å². The number of sulfone groups is 1. The largest absolute Gasteiger partial charge is 0.497 e. The van der Waals surface area contributed by atoms with Crippen LogP contribution in [0.15, 0.2) is 42.6 Å². The van der Waals surface area contributed by atoms with E-state index in [1.54, 1.807) is 43.5 Å². The van der Waals surface area contributed by atoms with E-state index < -0.39 is 9.84 Å². The third kappa shape index (κ3) is 4.48. The zero-order chi connectivity index (χ0) is 17.9. The molecule has 8 heteroatoms. The van der Waals surface area contributed by atoms with Crippen molar-refractivity contribution in [3.8, 4) is 5.75 Å². The SMILES string of the molecule is COc1ccc(NC(=O)c2cc(NC3CCS(=O)(=O)C3)ccn2)cc1. The van der Waals surface area contributed by atoms with Crippen molar-refractivity contribution in [2.24, 2.45) is 0 Å². The van der Waals surface area contributed by atoms with Crippen molar-refractivity contribution in [3.05, 3.63) is 48.3 Å². The van der Waals surface area contributed by atoms with E-state index in [9.17, 15) is 13.2 Å². The highest BCUT2D eigenvalue weighted by Gasteiger charge is 2.27. The molecule has 0 radical (unpaired) electrons. The molecule has 2 aromatic rings. The van der Waals surface area contributed by atoms with Gasteiger partial charge in [-0.05, 0) is 42.8 Å². The van der Waals surface area contributed by atoms with E-state index in [0.29, 0.717) is 23.5 Å². The van der Waals surface area contributed by atoms with Crippen LogP contribution in [-0.4, -0.2) is 44.0 Å². The van der Waals surface area contributed by atoms with Crippen LogP contribution in [0.2, 0.25) is 0 Å². The molecule has 2 heterocycles. The normalized spacial score (nSPS) is 18.5. The number of pyridine rings is 1. The lowest BCUT2D eigenvalue weighted by Crippen LogP contribution is -2.21. The molecule has 1 amide bonds. The molecule has 7 nitrogen and oxygen atoms in total. The molecule has 1 unspecified atom stereocenters. The summed E-state index contributed by atoms with van der Waals surface area (Å²) in [5, 5.41) is 5.92. The van der Waals surface area contributed by atoms with Crippen molar-refractivity contribution < 1.29 is 17.9 Å². The third-order valence-electron chi connectivity index (χ3n) is 3.94. The molecule has 1 aromatic carbocycles. The Balaban J connectivity index is 1.66. The summed E-state index contributed by atoms with van der Waals surface area (Å²) in [6.07, 6.45) is 2.09. The fourth-order valence-electron chi connectivity index (χ4n) is 2.66. The first kappa shape index (κ1) is 17.2. The number of benzene rings is 1. The third-order valence-corrected chi connectivity index (χ3v) is 5.71. The van der Waals surface area contributed by atoms with E-state index >= 15 is 0 Å². The zero-order valence-electron chi connectivity index (χ0n) is 13.7. The van der Waals surface area contributed by atoms with Gasteiger partial charge < -0.3 is 15.4 Å². The van der Waals surface area contributed by atoms with Gasteiger partial charge in [-0.15, -0.1) is 0 Å². The average Bonchev–Trinajstić information content (AvgIpc) is 2.94. The number of anilines is 2. The van der Waals surface area contributed by atoms with E-state index in [0.717, 1.165) is 0 Å². The van der Waals surface area contributed by atoms with E-state index in [4.69, 9.17) is 4.74 Å². The van der Waals surface area contributed by atoms with Crippen LogP contribution in [0, 0.1) is 0 Å². The predicted molar refractivity (Wildman–Crippen MR) is 95.9 cm³/mol. The van der Waals surface area contributed by atoms with E-state index in [1.165, 1.54) is 6.20 Å². The molecule has 2 N–H and O–H groups in total. The maximum Gasteiger partial charge on any atom is 0.274 e. The summed E-state index contributed by atoms with van der Waals surface area (Å²) in [7, 11) is -1.38. The number of carbonyl (C=O) groups is 1. The van der Waals surface area contributed by atoms with Gasteiger partial charge in [-0.1, -0.05) is 0 Å². The number of rotatable bonds is 5. The highest BCUT2D eigenvalue weighted by molar-refractivity contribution is 7.91. The Morgan fingerprint density at radius 2 is 1.96 bits per heavy atom. The molecule has 1 fully saturated rings. The van der Waals surface area contributed by atoms with Gasteiger partial charge in [0.15, 0.2) is 9.84 Å². The first-order chi connectivity index (χ1) is 11.9. The summed E-state index contributed by atoms with van der Waals surface area (Å²) >= 11 is 0. The molecule has 0 aliphatic carbocycles. The number of ether oxygens (including phenoxy) is 1. The molecule has 132 valence electrons. The number of nitrogens with zero attached hydrogens (tertiary/aromatic N) is 1. The first-order valence-electron chi connectivity index (χ1n) is 7.83. The predicted octanol–water partition coefficient (Wildman–Crippen LogP) is 1.94. The van der Waals surface area contributed by atoms with Crippen molar-refractivity contribution in [2.45, 2.75) is 12.5 Å². The molecule has 1 aromatic heterocycles. The Kier molecular flexibility index (Phi) is 4.89. The molecule has 0 saturated carbocycles. The number of methoxy groups -OCH3 is 1. The Bertz CT molecular complexity index is 866. The molecular formula is C17H19N3O4S. The molecule has 0 spiro atoms. The number of hydrogen-bond acceptors (Lipinski definition) is 6. The Morgan fingerprint density at radius 3 is 2.60 bits per heavy atom. The lowest BCUT2D eigenvalue weighted by atomic mass is 10.2. The van der Waals surface area contributed by atoms with Crippen LogP contribution in [0.1, 0.15) is 16.9 Å². The maximum atomic E-state index is 12.3. The lowest BCUT2D eigenvalue weighted by molar-refractivity contribution is 0.102. The number of carbonyl (C=O) groups excluding carboxylic acids is 1. The number of nitrogens with one attached hydrogen (secondary N) is 2. The number of amides is 1. The minimum Gasteiger partial charge on any atom is -0.497 e. The second kappa shape index (κ2) is 7.10. The minimum atomic E-state index is -2.96. The van der Waals surface area contributed by atoms with Crippen molar-refractivity contribution in [1.82, 2.24) is 4.98 Å². The van der Waals surface area contributed by atoms with Crippen LogP contribution in [0.25, 0.3) is 0 Å². The van der Waals surface area contributed by atoms with Crippen molar-refractivity contribution >= 4 is 27.1 Å². The molecule has 25 heavy (non-hydrogen) atoms. The number of aromatic nitrogens is 1. The molecule has 1 aliphatic heterocycles. The van der Waals surface area contributed by atoms with E-state index in [2.05, 4.69) is 15.6 Å². The second-order valence-electron chi connectivity index (χ2n) is 5.86. The first-order valence-corrected chi connectivity index (χ1v) is 9.66. The van der Waals surface area contributed by atoms with Crippen LogP contribution in [0.3, 0.4) is 0 Å². The van der Waals surface area contributed by atoms with Gasteiger partial charge in [-0.25, -0.2) is 8.42 Å². The van der Waals surface area contributed by atoms with E-state index in [-0.39, 0.29) is 29.1 Å². The maximum absolute atomic E-state index is 12.3. The van der Waals surface area contributed by atoms with Crippen LogP contribution >= 0.6 is 0 Å². The van der Waals surface area contributed by atoms with E-state index in [1.807, 2.05) is 0 Å². The Hall–Kier alpha value is -2.61. The van der Waals surface area contributed by atoms with Gasteiger partial charge in [0.2, 0.25) is 0 Å². The van der Waals surface area contributed by atoms with Crippen LogP contribution in [-0.2, 0) is 9.84 Å². The smallest absolute Gasteiger partial charge is 0.274 e. The summed E-state index contributed by atoms with van der Waals surface area (Å²) in [6.45, 7) is 0. The van der Waals surface area contributed by atoms with Crippen LogP contribution in [0.4, 0.5) is 11.4 Å². The van der Waals surface area contributed by atoms with Gasteiger partial charge in [-0.3, -0.25) is 9.78 Å². The summed E-state index contributed by atoms with van der Waals surface area (Å²) < 4.78 is 28.1. The minimum absolute atomic E-state index is 0.114. The van der Waals surface area contributed by atoms with Gasteiger partial charge >= 0.3 is 0 Å². The summed E-state index contributed by atoms with van der Waals surface area (Å²) in [5.41, 5.74) is 1.56. The fraction of sp³-hybridized carbons (Fsp3) is 0.294. The van der Waals surface area contributed by atoms with Crippen LogP contribution < -0.4 is 15.4 Å². The van der Waals surface area contributed by atoms with Gasteiger partial charge in [-0.2, -0.15) is 0 Å². The fourth-order valence-corrected chi connectivity index (χ4v) is 4.33. The highest BCUT2D eigenvalue weighted by atomic mass is 32.2. The molecule has 1 atom stereocenters. The van der Waals surface area contributed by atoms with Gasteiger partial charge in [0.1, 0.15) is 11.4 Å². The van der Waals surface area contributed by atoms with Crippen LogP contribution in [0.5, 0.6) is 5.75 Å². The van der Waals surface area contributed by atoms with Crippen molar-refractivity contribution in [2.75, 3.05) is 29.2 Å². The van der Waals surface area contributed by atoms with Crippen molar-refractivity contribution in [3.63, 3.8) is 0 Å². The molecular weight excluding hydrogens is 342 g/mol. The quantitative estimate of drug-likeness (QED) is 0.845. The monoisotopic (exact) mass is 361 g/mol. The zero-order valence-corrected chi connectivity index (χ0v) is 14.5. The highest BCUT2D eigenvalue weighted by Crippen LogP contribution is 2.19. The average molecular weight is 361 g/mol. The standard InChI is InChI=1S/C17H19N3O4S/c1-24-15-4-2-12(3-5-15)20-17(21)16-10-13(6-8-18-16)19-14-7-9-25(22,23)11-14/h2-6,8,10,14H,7,9,11H2,1H3,(H,18,19)(H,20,21). The second-order valence-corrected chi connectivity index (χ2v) is 8.09. The molecule has 1 aliphatic rings. The van der Waals surface area contributed by atoms with Gasteiger partial charge in [0, 0.05) is 23.6 Å². The summed E-state index contributed by atoms with van der Waals surface area (Å²) in [6, 6.07) is 10.2. The molecule has 0 bridgehead atoms. The Labute approximate surface area is 146 Å². The topological polar surface area (TPSA) is 97.4 Å². The van der Waals surface area contributed by atoms with Crippen molar-refractivity contribution in [1.29, 1.82) is 0 Å². The lowest BCUT2D eigenvalue weighted by Gasteiger charge is -2.13. The summed E-state index contributed by atoms with van der Waals surface area (Å²) in [4.78, 5) is 16.4. The Morgan fingerprint density at radius 1 is 1.20 bits per heavy atom. The van der Waals surface area contributed by atoms with Gasteiger partial charge in [0.05, 0.1) is 18.6 Å². The molecule has 1 saturated heterocycles. The number of hydrogen-bond donors (Lipinski definition) is 2.